The van der Waals surface area contributed by atoms with Gasteiger partial charge in [-0.05, 0) is 13.5 Å². The van der Waals surface area contributed by atoms with Crippen LogP contribution >= 0.6 is 0 Å². The second-order valence-corrected chi connectivity index (χ2v) is 4.55. The Morgan fingerprint density at radius 1 is 1.24 bits per heavy atom. The highest BCUT2D eigenvalue weighted by Crippen LogP contribution is 2.19. The SMILES string of the molecule is CCc1noc([C@H](C)N2CCN(CC)CC2)n1. The van der Waals surface area contributed by atoms with Crippen molar-refractivity contribution in [1.82, 2.24) is 19.9 Å². The summed E-state index contributed by atoms with van der Waals surface area (Å²) in [6.45, 7) is 12.0. The van der Waals surface area contributed by atoms with Gasteiger partial charge in [-0.3, -0.25) is 4.90 Å². The molecule has 5 heteroatoms. The normalized spacial score (nSPS) is 20.6. The summed E-state index contributed by atoms with van der Waals surface area (Å²) in [6, 6.07) is 0.238. The molecule has 96 valence electrons. The molecule has 2 heterocycles. The van der Waals surface area contributed by atoms with E-state index in [1.165, 1.54) is 0 Å². The Kier molecular flexibility index (Phi) is 4.12. The molecule has 0 spiro atoms. The number of piperazine rings is 1. The minimum Gasteiger partial charge on any atom is -0.338 e. The molecule has 5 nitrogen and oxygen atoms in total. The number of aryl methyl sites for hydroxylation is 1. The number of rotatable bonds is 4. The van der Waals surface area contributed by atoms with Gasteiger partial charge in [-0.25, -0.2) is 0 Å². The molecule has 1 aliphatic heterocycles. The lowest BCUT2D eigenvalue weighted by Gasteiger charge is -2.36. The Balaban J connectivity index is 1.94. The molecule has 0 aromatic carbocycles. The average molecular weight is 238 g/mol. The van der Waals surface area contributed by atoms with Crippen molar-refractivity contribution in [2.75, 3.05) is 32.7 Å². The summed E-state index contributed by atoms with van der Waals surface area (Å²) >= 11 is 0. The molecule has 0 unspecified atom stereocenters. The zero-order chi connectivity index (χ0) is 12.3. The molecule has 0 saturated carbocycles. The highest BCUT2D eigenvalue weighted by atomic mass is 16.5. The van der Waals surface area contributed by atoms with E-state index in [-0.39, 0.29) is 6.04 Å². The number of likely N-dealkylation sites (N-methyl/N-ethyl adjacent to an activating group) is 1. The van der Waals surface area contributed by atoms with Crippen LogP contribution in [-0.2, 0) is 6.42 Å². The van der Waals surface area contributed by atoms with Gasteiger partial charge in [0.15, 0.2) is 5.82 Å². The highest BCUT2D eigenvalue weighted by molar-refractivity contribution is 4.93. The molecule has 0 bridgehead atoms. The van der Waals surface area contributed by atoms with Crippen LogP contribution in [0.1, 0.15) is 38.5 Å². The van der Waals surface area contributed by atoms with Crippen molar-refractivity contribution in [1.29, 1.82) is 0 Å². The van der Waals surface area contributed by atoms with Crippen LogP contribution in [-0.4, -0.2) is 52.7 Å². The third-order valence-electron chi connectivity index (χ3n) is 3.56. The van der Waals surface area contributed by atoms with E-state index in [9.17, 15) is 0 Å². The highest BCUT2D eigenvalue weighted by Gasteiger charge is 2.24. The van der Waals surface area contributed by atoms with E-state index in [1.54, 1.807) is 0 Å². The Morgan fingerprint density at radius 3 is 2.47 bits per heavy atom. The second-order valence-electron chi connectivity index (χ2n) is 4.55. The van der Waals surface area contributed by atoms with Gasteiger partial charge in [0.25, 0.3) is 0 Å². The maximum absolute atomic E-state index is 5.31. The van der Waals surface area contributed by atoms with Gasteiger partial charge >= 0.3 is 0 Å². The van der Waals surface area contributed by atoms with E-state index in [4.69, 9.17) is 4.52 Å². The number of hydrogen-bond donors (Lipinski definition) is 0. The average Bonchev–Trinajstić information content (AvgIpc) is 2.87. The van der Waals surface area contributed by atoms with Crippen molar-refractivity contribution >= 4 is 0 Å². The fourth-order valence-corrected chi connectivity index (χ4v) is 2.20. The van der Waals surface area contributed by atoms with E-state index < -0.39 is 0 Å². The number of hydrogen-bond acceptors (Lipinski definition) is 5. The van der Waals surface area contributed by atoms with Crippen LogP contribution in [0, 0.1) is 0 Å². The van der Waals surface area contributed by atoms with E-state index in [2.05, 4.69) is 33.8 Å². The molecular weight excluding hydrogens is 216 g/mol. The van der Waals surface area contributed by atoms with Crippen molar-refractivity contribution in [3.05, 3.63) is 11.7 Å². The Bertz CT molecular complexity index is 344. The molecule has 1 fully saturated rings. The van der Waals surface area contributed by atoms with E-state index in [1.807, 2.05) is 6.92 Å². The van der Waals surface area contributed by atoms with Crippen molar-refractivity contribution in [3.63, 3.8) is 0 Å². The van der Waals surface area contributed by atoms with Gasteiger partial charge in [-0.15, -0.1) is 0 Å². The summed E-state index contributed by atoms with van der Waals surface area (Å²) in [6.07, 6.45) is 0.833. The van der Waals surface area contributed by atoms with Crippen LogP contribution in [0.2, 0.25) is 0 Å². The van der Waals surface area contributed by atoms with E-state index in [0.29, 0.717) is 0 Å². The van der Waals surface area contributed by atoms with E-state index >= 15 is 0 Å². The standard InChI is InChI=1S/C12H22N4O/c1-4-11-13-12(17-14-11)10(3)16-8-6-15(5-2)7-9-16/h10H,4-9H2,1-3H3/t10-/m0/s1. The Morgan fingerprint density at radius 2 is 1.94 bits per heavy atom. The maximum Gasteiger partial charge on any atom is 0.243 e. The largest absolute Gasteiger partial charge is 0.338 e. The van der Waals surface area contributed by atoms with Gasteiger partial charge in [0.2, 0.25) is 5.89 Å². The predicted molar refractivity (Wildman–Crippen MR) is 65.8 cm³/mol. The first-order chi connectivity index (χ1) is 8.24. The van der Waals surface area contributed by atoms with Gasteiger partial charge in [0.1, 0.15) is 0 Å². The first-order valence-electron chi connectivity index (χ1n) is 6.53. The molecule has 1 saturated heterocycles. The molecule has 1 atom stereocenters. The summed E-state index contributed by atoms with van der Waals surface area (Å²) in [5.74, 6) is 1.56. The predicted octanol–water partition coefficient (Wildman–Crippen LogP) is 1.33. The molecule has 2 rings (SSSR count). The van der Waals surface area contributed by atoms with Crippen molar-refractivity contribution in [2.24, 2.45) is 0 Å². The molecule has 0 amide bonds. The zero-order valence-corrected chi connectivity index (χ0v) is 11.0. The van der Waals surface area contributed by atoms with Crippen LogP contribution in [0.4, 0.5) is 0 Å². The minimum atomic E-state index is 0.238. The topological polar surface area (TPSA) is 45.4 Å². The molecular formula is C12H22N4O. The Labute approximate surface area is 103 Å². The van der Waals surface area contributed by atoms with Gasteiger partial charge in [-0.1, -0.05) is 19.0 Å². The smallest absolute Gasteiger partial charge is 0.243 e. The summed E-state index contributed by atoms with van der Waals surface area (Å²) < 4.78 is 5.31. The molecule has 1 aliphatic rings. The zero-order valence-electron chi connectivity index (χ0n) is 11.0. The summed E-state index contributed by atoms with van der Waals surface area (Å²) in [5.41, 5.74) is 0. The quantitative estimate of drug-likeness (QED) is 0.792. The summed E-state index contributed by atoms with van der Waals surface area (Å²) in [4.78, 5) is 9.29. The molecule has 0 N–H and O–H groups in total. The van der Waals surface area contributed by atoms with Gasteiger partial charge < -0.3 is 9.42 Å². The van der Waals surface area contributed by atoms with Gasteiger partial charge in [0.05, 0.1) is 6.04 Å². The first kappa shape index (κ1) is 12.5. The first-order valence-corrected chi connectivity index (χ1v) is 6.53. The minimum absolute atomic E-state index is 0.238. The van der Waals surface area contributed by atoms with Crippen molar-refractivity contribution in [2.45, 2.75) is 33.2 Å². The Hall–Kier alpha value is -0.940. The van der Waals surface area contributed by atoms with Crippen molar-refractivity contribution < 1.29 is 4.52 Å². The third kappa shape index (κ3) is 2.84. The summed E-state index contributed by atoms with van der Waals surface area (Å²) in [7, 11) is 0. The number of nitrogens with zero attached hydrogens (tertiary/aromatic N) is 4. The second kappa shape index (κ2) is 5.60. The molecule has 0 radical (unpaired) electrons. The molecule has 0 aliphatic carbocycles. The molecule has 1 aromatic heterocycles. The lowest BCUT2D eigenvalue weighted by molar-refractivity contribution is 0.0914. The fourth-order valence-electron chi connectivity index (χ4n) is 2.20. The monoisotopic (exact) mass is 238 g/mol. The van der Waals surface area contributed by atoms with Crippen LogP contribution in [0.5, 0.6) is 0 Å². The lowest BCUT2D eigenvalue weighted by atomic mass is 10.2. The third-order valence-corrected chi connectivity index (χ3v) is 3.56. The molecule has 17 heavy (non-hydrogen) atoms. The van der Waals surface area contributed by atoms with Crippen LogP contribution in [0.15, 0.2) is 4.52 Å². The molecule has 1 aromatic rings. The van der Waals surface area contributed by atoms with Crippen LogP contribution in [0.3, 0.4) is 0 Å². The lowest BCUT2D eigenvalue weighted by Crippen LogP contribution is -2.46. The summed E-state index contributed by atoms with van der Waals surface area (Å²) in [5, 5.41) is 3.96. The van der Waals surface area contributed by atoms with Crippen LogP contribution in [0.25, 0.3) is 0 Å². The van der Waals surface area contributed by atoms with Crippen molar-refractivity contribution in [3.8, 4) is 0 Å². The van der Waals surface area contributed by atoms with E-state index in [0.717, 1.165) is 50.9 Å². The van der Waals surface area contributed by atoms with Gasteiger partial charge in [0, 0.05) is 32.6 Å². The number of aromatic nitrogens is 2. The van der Waals surface area contributed by atoms with Crippen LogP contribution < -0.4 is 0 Å². The van der Waals surface area contributed by atoms with Gasteiger partial charge in [-0.2, -0.15) is 4.98 Å². The maximum atomic E-state index is 5.31. The fraction of sp³-hybridized carbons (Fsp3) is 0.833.